The molecule has 0 bridgehead atoms. The standard InChI is InChI=1S/C15H19Br/c1-2-3-4-5-8-14-13-9-6-7-12(13)10-11-15(14)16/h6-7,10-11H,2-5,8-9H2,1H3. The van der Waals surface area contributed by atoms with Crippen LogP contribution in [0.4, 0.5) is 0 Å². The van der Waals surface area contributed by atoms with Crippen molar-refractivity contribution in [1.29, 1.82) is 0 Å². The Morgan fingerprint density at radius 3 is 2.88 bits per heavy atom. The topological polar surface area (TPSA) is 0 Å². The van der Waals surface area contributed by atoms with Crippen molar-refractivity contribution in [3.05, 3.63) is 39.4 Å². The van der Waals surface area contributed by atoms with E-state index in [1.54, 1.807) is 11.1 Å². The van der Waals surface area contributed by atoms with Gasteiger partial charge in [-0.1, -0.05) is 60.3 Å². The van der Waals surface area contributed by atoms with E-state index in [1.807, 2.05) is 0 Å². The molecule has 0 nitrogen and oxygen atoms in total. The van der Waals surface area contributed by atoms with Gasteiger partial charge in [0.2, 0.25) is 0 Å². The van der Waals surface area contributed by atoms with Crippen LogP contribution in [-0.2, 0) is 12.8 Å². The zero-order valence-electron chi connectivity index (χ0n) is 9.93. The second kappa shape index (κ2) is 5.67. The Morgan fingerprint density at radius 1 is 1.19 bits per heavy atom. The monoisotopic (exact) mass is 278 g/mol. The molecule has 86 valence electrons. The minimum atomic E-state index is 1.12. The van der Waals surface area contributed by atoms with Gasteiger partial charge in [0, 0.05) is 4.47 Å². The first-order valence-electron chi connectivity index (χ1n) is 6.29. The second-order valence-electron chi connectivity index (χ2n) is 4.51. The van der Waals surface area contributed by atoms with Crippen molar-refractivity contribution >= 4 is 22.0 Å². The van der Waals surface area contributed by atoms with Gasteiger partial charge in [-0.2, -0.15) is 0 Å². The van der Waals surface area contributed by atoms with E-state index < -0.39 is 0 Å². The second-order valence-corrected chi connectivity index (χ2v) is 5.37. The lowest BCUT2D eigenvalue weighted by molar-refractivity contribution is 0.664. The van der Waals surface area contributed by atoms with Gasteiger partial charge in [0.05, 0.1) is 0 Å². The number of hydrogen-bond acceptors (Lipinski definition) is 0. The van der Waals surface area contributed by atoms with Gasteiger partial charge < -0.3 is 0 Å². The predicted molar refractivity (Wildman–Crippen MR) is 74.7 cm³/mol. The molecule has 0 spiro atoms. The van der Waals surface area contributed by atoms with Gasteiger partial charge in [-0.25, -0.2) is 0 Å². The normalized spacial score (nSPS) is 13.1. The van der Waals surface area contributed by atoms with Crippen molar-refractivity contribution in [2.75, 3.05) is 0 Å². The highest BCUT2D eigenvalue weighted by Gasteiger charge is 2.12. The highest BCUT2D eigenvalue weighted by molar-refractivity contribution is 9.10. The quantitative estimate of drug-likeness (QED) is 0.654. The third-order valence-electron chi connectivity index (χ3n) is 3.31. The first kappa shape index (κ1) is 11.9. The van der Waals surface area contributed by atoms with Crippen LogP contribution in [0.25, 0.3) is 6.08 Å². The average molecular weight is 279 g/mol. The van der Waals surface area contributed by atoms with Crippen molar-refractivity contribution in [2.24, 2.45) is 0 Å². The number of rotatable bonds is 5. The molecule has 0 aromatic heterocycles. The van der Waals surface area contributed by atoms with Crippen LogP contribution in [0.1, 0.15) is 49.3 Å². The van der Waals surface area contributed by atoms with Gasteiger partial charge in [0.15, 0.2) is 0 Å². The predicted octanol–water partition coefficient (Wildman–Crippen LogP) is 5.14. The summed E-state index contributed by atoms with van der Waals surface area (Å²) in [5.41, 5.74) is 4.51. The van der Waals surface area contributed by atoms with Crippen LogP contribution < -0.4 is 0 Å². The molecule has 0 aliphatic heterocycles. The summed E-state index contributed by atoms with van der Waals surface area (Å²) in [6.07, 6.45) is 12.2. The Kier molecular flexibility index (Phi) is 4.22. The molecular weight excluding hydrogens is 260 g/mol. The van der Waals surface area contributed by atoms with Crippen LogP contribution in [-0.4, -0.2) is 0 Å². The number of fused-ring (bicyclic) bond motifs is 1. The van der Waals surface area contributed by atoms with Crippen molar-refractivity contribution in [3.8, 4) is 0 Å². The third-order valence-corrected chi connectivity index (χ3v) is 4.05. The maximum Gasteiger partial charge on any atom is 0.0210 e. The molecule has 0 amide bonds. The molecule has 0 atom stereocenters. The van der Waals surface area contributed by atoms with Gasteiger partial charge >= 0.3 is 0 Å². The van der Waals surface area contributed by atoms with Gasteiger partial charge in [-0.05, 0) is 42.0 Å². The van der Waals surface area contributed by atoms with E-state index in [1.165, 1.54) is 42.1 Å². The van der Waals surface area contributed by atoms with E-state index in [0.29, 0.717) is 0 Å². The molecule has 0 unspecified atom stereocenters. The largest absolute Gasteiger partial charge is 0.0795 e. The van der Waals surface area contributed by atoms with Crippen molar-refractivity contribution in [1.82, 2.24) is 0 Å². The molecular formula is C15H19Br. The Hall–Kier alpha value is -0.560. The van der Waals surface area contributed by atoms with Gasteiger partial charge in [-0.3, -0.25) is 0 Å². The molecule has 0 saturated heterocycles. The van der Waals surface area contributed by atoms with Crippen LogP contribution in [0.3, 0.4) is 0 Å². The smallest absolute Gasteiger partial charge is 0.0210 e. The summed E-state index contributed by atoms with van der Waals surface area (Å²) in [6, 6.07) is 4.42. The van der Waals surface area contributed by atoms with Crippen LogP contribution in [0.5, 0.6) is 0 Å². The van der Waals surface area contributed by atoms with E-state index in [-0.39, 0.29) is 0 Å². The lowest BCUT2D eigenvalue weighted by Gasteiger charge is -2.11. The van der Waals surface area contributed by atoms with Crippen molar-refractivity contribution in [2.45, 2.75) is 45.4 Å². The number of benzene rings is 1. The third kappa shape index (κ3) is 2.57. The molecule has 1 aromatic carbocycles. The number of halogens is 1. The summed E-state index contributed by atoms with van der Waals surface area (Å²) in [5.74, 6) is 0. The van der Waals surface area contributed by atoms with Crippen LogP contribution >= 0.6 is 15.9 Å². The highest BCUT2D eigenvalue weighted by Crippen LogP contribution is 2.30. The molecule has 1 aliphatic carbocycles. The molecule has 1 heteroatoms. The molecule has 1 aromatic rings. The lowest BCUT2D eigenvalue weighted by Crippen LogP contribution is -1.96. The van der Waals surface area contributed by atoms with Crippen LogP contribution in [0.2, 0.25) is 0 Å². The average Bonchev–Trinajstić information content (AvgIpc) is 2.75. The molecule has 0 radical (unpaired) electrons. The molecule has 16 heavy (non-hydrogen) atoms. The molecule has 1 aliphatic rings. The van der Waals surface area contributed by atoms with Gasteiger partial charge in [0.1, 0.15) is 0 Å². The Labute approximate surface area is 107 Å². The lowest BCUT2D eigenvalue weighted by atomic mass is 9.98. The fourth-order valence-corrected chi connectivity index (χ4v) is 2.95. The first-order valence-corrected chi connectivity index (χ1v) is 7.09. The summed E-state index contributed by atoms with van der Waals surface area (Å²) in [4.78, 5) is 0. The number of hydrogen-bond donors (Lipinski definition) is 0. The summed E-state index contributed by atoms with van der Waals surface area (Å²) in [7, 11) is 0. The summed E-state index contributed by atoms with van der Waals surface area (Å²) < 4.78 is 1.30. The van der Waals surface area contributed by atoms with Gasteiger partial charge in [-0.15, -0.1) is 0 Å². The van der Waals surface area contributed by atoms with E-state index in [9.17, 15) is 0 Å². The minimum Gasteiger partial charge on any atom is -0.0795 e. The molecule has 0 fully saturated rings. The SMILES string of the molecule is CCCCCCc1c(Br)ccc2c1CC=C2. The van der Waals surface area contributed by atoms with E-state index >= 15 is 0 Å². The highest BCUT2D eigenvalue weighted by atomic mass is 79.9. The summed E-state index contributed by atoms with van der Waals surface area (Å²) >= 11 is 3.69. The van der Waals surface area contributed by atoms with Crippen LogP contribution in [0, 0.1) is 0 Å². The van der Waals surface area contributed by atoms with Crippen LogP contribution in [0.15, 0.2) is 22.7 Å². The maximum atomic E-state index is 3.69. The zero-order chi connectivity index (χ0) is 11.4. The van der Waals surface area contributed by atoms with E-state index in [2.05, 4.69) is 47.1 Å². The molecule has 0 N–H and O–H groups in total. The Bertz CT molecular complexity index is 391. The molecule has 2 rings (SSSR count). The fourth-order valence-electron chi connectivity index (χ4n) is 2.38. The van der Waals surface area contributed by atoms with Crippen molar-refractivity contribution in [3.63, 3.8) is 0 Å². The van der Waals surface area contributed by atoms with Gasteiger partial charge in [0.25, 0.3) is 0 Å². The Morgan fingerprint density at radius 2 is 2.06 bits per heavy atom. The number of unbranched alkanes of at least 4 members (excludes halogenated alkanes) is 3. The van der Waals surface area contributed by atoms with Crippen molar-refractivity contribution < 1.29 is 0 Å². The molecule has 0 heterocycles. The van der Waals surface area contributed by atoms with E-state index in [4.69, 9.17) is 0 Å². The summed E-state index contributed by atoms with van der Waals surface area (Å²) in [6.45, 7) is 2.26. The minimum absolute atomic E-state index is 1.12. The fraction of sp³-hybridized carbons (Fsp3) is 0.467. The van der Waals surface area contributed by atoms with E-state index in [0.717, 1.165) is 6.42 Å². The Balaban J connectivity index is 2.06. The summed E-state index contributed by atoms with van der Waals surface area (Å²) in [5, 5.41) is 0. The number of allylic oxidation sites excluding steroid dienone is 1. The zero-order valence-corrected chi connectivity index (χ0v) is 11.5. The molecule has 0 saturated carbocycles. The maximum absolute atomic E-state index is 3.69. The first-order chi connectivity index (χ1) is 7.83.